The predicted molar refractivity (Wildman–Crippen MR) is 71.9 cm³/mol. The van der Waals surface area contributed by atoms with Crippen molar-refractivity contribution >= 4 is 17.9 Å². The molecule has 0 aliphatic carbocycles. The molecule has 0 aliphatic rings. The zero-order valence-electron chi connectivity index (χ0n) is 11.6. The normalized spacial score (nSPS) is 11.1. The van der Waals surface area contributed by atoms with Crippen molar-refractivity contribution in [2.24, 2.45) is 0 Å². The number of carbonyl (C=O) groups is 3. The summed E-state index contributed by atoms with van der Waals surface area (Å²) in [6.45, 7) is 12.8. The first-order chi connectivity index (χ1) is 9.15. The maximum Gasteiger partial charge on any atom is 0.333 e. The summed E-state index contributed by atoms with van der Waals surface area (Å²) >= 11 is 0. The monoisotopic (exact) mass is 282 g/mol. The van der Waals surface area contributed by atoms with E-state index in [1.807, 2.05) is 0 Å². The Morgan fingerprint density at radius 3 is 1.95 bits per heavy atom. The summed E-state index contributed by atoms with van der Waals surface area (Å²) in [6, 6.07) is 0. The zero-order chi connectivity index (χ0) is 15.9. The van der Waals surface area contributed by atoms with Crippen molar-refractivity contribution in [3.05, 3.63) is 36.5 Å². The number of carbonyl (C=O) groups excluding carboxylic acids is 2. The molecule has 0 saturated carbocycles. The molecule has 0 heterocycles. The lowest BCUT2D eigenvalue weighted by molar-refractivity contribution is -0.154. The molecule has 1 N–H and O–H groups in total. The minimum absolute atomic E-state index is 0.155. The molecule has 0 aromatic heterocycles. The van der Waals surface area contributed by atoms with Crippen LogP contribution >= 0.6 is 0 Å². The van der Waals surface area contributed by atoms with Crippen molar-refractivity contribution in [1.29, 1.82) is 0 Å². The lowest BCUT2D eigenvalue weighted by Crippen LogP contribution is -2.27. The lowest BCUT2D eigenvalue weighted by Gasteiger charge is -2.18. The van der Waals surface area contributed by atoms with Crippen LogP contribution in [0.25, 0.3) is 0 Å². The number of ether oxygens (including phenoxy) is 2. The second-order valence-electron chi connectivity index (χ2n) is 4.30. The summed E-state index contributed by atoms with van der Waals surface area (Å²) in [4.78, 5) is 33.4. The topological polar surface area (TPSA) is 89.9 Å². The Hall–Kier alpha value is -2.37. The van der Waals surface area contributed by atoms with E-state index in [0.717, 1.165) is 0 Å². The number of rotatable bonds is 8. The Kier molecular flexibility index (Phi) is 6.99. The molecule has 0 aromatic rings. The zero-order valence-corrected chi connectivity index (χ0v) is 11.6. The van der Waals surface area contributed by atoms with Crippen LogP contribution in [0.2, 0.25) is 0 Å². The summed E-state index contributed by atoms with van der Waals surface area (Å²) in [5, 5.41) is 8.76. The highest BCUT2D eigenvalue weighted by atomic mass is 16.6. The van der Waals surface area contributed by atoms with Gasteiger partial charge in [-0.1, -0.05) is 19.7 Å². The van der Waals surface area contributed by atoms with Crippen LogP contribution in [0, 0.1) is 0 Å². The first kappa shape index (κ1) is 17.6. The van der Waals surface area contributed by atoms with E-state index in [1.165, 1.54) is 13.8 Å². The number of aliphatic carboxylic acids is 1. The van der Waals surface area contributed by atoms with Crippen molar-refractivity contribution < 1.29 is 29.0 Å². The van der Waals surface area contributed by atoms with Gasteiger partial charge in [-0.25, -0.2) is 14.4 Å². The van der Waals surface area contributed by atoms with Gasteiger partial charge in [0.25, 0.3) is 0 Å². The highest BCUT2D eigenvalue weighted by Crippen LogP contribution is 2.11. The third-order valence-corrected chi connectivity index (χ3v) is 2.15. The summed E-state index contributed by atoms with van der Waals surface area (Å²) < 4.78 is 9.84. The van der Waals surface area contributed by atoms with Crippen LogP contribution in [0.1, 0.15) is 20.3 Å². The van der Waals surface area contributed by atoms with Crippen LogP contribution in [0.5, 0.6) is 0 Å². The molecular weight excluding hydrogens is 264 g/mol. The first-order valence-corrected chi connectivity index (χ1v) is 5.75. The van der Waals surface area contributed by atoms with Crippen molar-refractivity contribution in [3.63, 3.8) is 0 Å². The Morgan fingerprint density at radius 1 is 1.05 bits per heavy atom. The van der Waals surface area contributed by atoms with Crippen molar-refractivity contribution in [2.75, 3.05) is 6.61 Å². The van der Waals surface area contributed by atoms with Gasteiger partial charge in [0.15, 0.2) is 0 Å². The molecule has 1 atom stereocenters. The van der Waals surface area contributed by atoms with E-state index in [0.29, 0.717) is 0 Å². The average Bonchev–Trinajstić information content (AvgIpc) is 2.34. The van der Waals surface area contributed by atoms with Crippen LogP contribution < -0.4 is 0 Å². The number of hydrogen-bond acceptors (Lipinski definition) is 5. The molecule has 0 spiro atoms. The molecule has 110 valence electrons. The van der Waals surface area contributed by atoms with E-state index in [1.54, 1.807) is 0 Å². The van der Waals surface area contributed by atoms with Crippen molar-refractivity contribution in [2.45, 2.75) is 26.4 Å². The molecule has 0 fully saturated rings. The second-order valence-corrected chi connectivity index (χ2v) is 4.30. The van der Waals surface area contributed by atoms with Gasteiger partial charge in [-0.15, -0.1) is 0 Å². The van der Waals surface area contributed by atoms with Gasteiger partial charge in [-0.2, -0.15) is 0 Å². The molecule has 6 heteroatoms. The molecule has 0 aliphatic heterocycles. The second kappa shape index (κ2) is 7.93. The molecule has 1 unspecified atom stereocenters. The minimum atomic E-state index is -1.22. The Bertz CT molecular complexity index is 432. The van der Waals surface area contributed by atoms with E-state index in [2.05, 4.69) is 19.7 Å². The van der Waals surface area contributed by atoms with Gasteiger partial charge in [-0.3, -0.25) is 0 Å². The smallest absolute Gasteiger partial charge is 0.333 e. The third kappa shape index (κ3) is 6.53. The van der Waals surface area contributed by atoms with Gasteiger partial charge in [0.1, 0.15) is 12.7 Å². The highest BCUT2D eigenvalue weighted by molar-refractivity contribution is 5.88. The fourth-order valence-electron chi connectivity index (χ4n) is 1.04. The van der Waals surface area contributed by atoms with Gasteiger partial charge >= 0.3 is 17.9 Å². The number of hydrogen-bond donors (Lipinski definition) is 1. The molecule has 0 aromatic carbocycles. The number of carboxylic acid groups (broad SMARTS) is 1. The van der Waals surface area contributed by atoms with E-state index in [-0.39, 0.29) is 29.7 Å². The molecule has 6 nitrogen and oxygen atoms in total. The van der Waals surface area contributed by atoms with Crippen molar-refractivity contribution in [1.82, 2.24) is 0 Å². The van der Waals surface area contributed by atoms with Crippen LogP contribution in [0.4, 0.5) is 0 Å². The molecule has 0 amide bonds. The van der Waals surface area contributed by atoms with Gasteiger partial charge in [0, 0.05) is 23.1 Å². The van der Waals surface area contributed by atoms with Gasteiger partial charge in [-0.05, 0) is 13.8 Å². The summed E-state index contributed by atoms with van der Waals surface area (Å²) in [5.74, 6) is -2.56. The van der Waals surface area contributed by atoms with Gasteiger partial charge in [0.05, 0.1) is 0 Å². The van der Waals surface area contributed by atoms with Crippen LogP contribution in [-0.2, 0) is 23.9 Å². The fraction of sp³-hybridized carbons (Fsp3) is 0.357. The molecule has 20 heavy (non-hydrogen) atoms. The Labute approximate surface area is 117 Å². The molecule has 0 bridgehead atoms. The van der Waals surface area contributed by atoms with Crippen LogP contribution in [-0.4, -0.2) is 35.7 Å². The third-order valence-electron chi connectivity index (χ3n) is 2.15. The molecular formula is C14H18O6. The lowest BCUT2D eigenvalue weighted by atomic mass is 10.1. The average molecular weight is 282 g/mol. The van der Waals surface area contributed by atoms with E-state index in [4.69, 9.17) is 14.6 Å². The molecule has 0 radical (unpaired) electrons. The number of esters is 2. The quantitative estimate of drug-likeness (QED) is 0.537. The standard InChI is InChI=1S/C14H18O6/c1-8(2)13(17)19-7-11(6-10(5)12(15)16)20-14(18)9(3)4/h11H,1,3,5-7H2,2,4H3,(H,15,16). The first-order valence-electron chi connectivity index (χ1n) is 5.75. The summed E-state index contributed by atoms with van der Waals surface area (Å²) in [6.07, 6.45) is -1.09. The Balaban J connectivity index is 4.70. The predicted octanol–water partition coefficient (Wildman–Crippen LogP) is 1.62. The maximum atomic E-state index is 11.4. The molecule has 0 saturated heterocycles. The fourth-order valence-corrected chi connectivity index (χ4v) is 1.04. The SMILES string of the molecule is C=C(C)C(=O)OCC(CC(=C)C(=O)O)OC(=O)C(=C)C. The Morgan fingerprint density at radius 2 is 1.55 bits per heavy atom. The summed E-state index contributed by atoms with van der Waals surface area (Å²) in [5.41, 5.74) is 0.185. The molecule has 0 rings (SSSR count). The number of carboxylic acids is 1. The minimum Gasteiger partial charge on any atom is -0.478 e. The largest absolute Gasteiger partial charge is 0.478 e. The summed E-state index contributed by atoms with van der Waals surface area (Å²) in [7, 11) is 0. The van der Waals surface area contributed by atoms with E-state index in [9.17, 15) is 14.4 Å². The van der Waals surface area contributed by atoms with Gasteiger partial charge < -0.3 is 14.6 Å². The van der Waals surface area contributed by atoms with E-state index >= 15 is 0 Å². The maximum absolute atomic E-state index is 11.4. The van der Waals surface area contributed by atoms with E-state index < -0.39 is 24.0 Å². The van der Waals surface area contributed by atoms with Gasteiger partial charge in [0.2, 0.25) is 0 Å². The van der Waals surface area contributed by atoms with Crippen LogP contribution in [0.3, 0.4) is 0 Å². The highest BCUT2D eigenvalue weighted by Gasteiger charge is 2.21. The van der Waals surface area contributed by atoms with Crippen molar-refractivity contribution in [3.8, 4) is 0 Å². The van der Waals surface area contributed by atoms with Crippen LogP contribution in [0.15, 0.2) is 36.5 Å².